The topological polar surface area (TPSA) is 51.5 Å². The molecule has 5 aromatic rings. The lowest BCUT2D eigenvalue weighted by Gasteiger charge is -2.21. The van der Waals surface area contributed by atoms with Crippen molar-refractivity contribution in [2.24, 2.45) is 0 Å². The summed E-state index contributed by atoms with van der Waals surface area (Å²) in [5.41, 5.74) is 4.29. The normalized spacial score (nSPS) is 15.3. The van der Waals surface area contributed by atoms with Crippen LogP contribution in [-0.4, -0.2) is 27.5 Å². The van der Waals surface area contributed by atoms with E-state index in [0.29, 0.717) is 12.5 Å². The van der Waals surface area contributed by atoms with Gasteiger partial charge in [0.05, 0.1) is 27.1 Å². The molecule has 5 nitrogen and oxygen atoms in total. The van der Waals surface area contributed by atoms with Crippen LogP contribution in [0.5, 0.6) is 5.75 Å². The third-order valence-electron chi connectivity index (χ3n) is 6.15. The summed E-state index contributed by atoms with van der Waals surface area (Å²) in [7, 11) is 0. The number of pyridine rings is 1. The van der Waals surface area contributed by atoms with Crippen molar-refractivity contribution in [1.29, 1.82) is 0 Å². The first-order valence-corrected chi connectivity index (χ1v) is 11.7. The first kappa shape index (κ1) is 18.8. The quantitative estimate of drug-likeness (QED) is 0.413. The van der Waals surface area contributed by atoms with E-state index in [-0.39, 0.29) is 0 Å². The number of nitrogens with zero attached hydrogens (tertiary/aromatic N) is 3. The van der Waals surface area contributed by atoms with E-state index < -0.39 is 0 Å². The molecule has 0 spiro atoms. The Bertz CT molecular complexity index is 1400. The van der Waals surface area contributed by atoms with Crippen LogP contribution in [0.2, 0.25) is 0 Å². The molecule has 1 N–H and O–H groups in total. The standard InChI is InChI=1S/C25H24N4OS/c1-16-25-29(24(27-16)18-10-12-26-13-11-18)22-9-8-20(14-23(22)31-25)30-15-19-7-6-17-4-2-3-5-21(17)28-19/h2-9,14,18,26H,10-13,15H2,1H3. The average molecular weight is 429 g/mol. The predicted molar refractivity (Wildman–Crippen MR) is 126 cm³/mol. The maximum atomic E-state index is 6.11. The minimum atomic E-state index is 0.460. The summed E-state index contributed by atoms with van der Waals surface area (Å²) in [6, 6.07) is 18.7. The van der Waals surface area contributed by atoms with Gasteiger partial charge in [0.2, 0.25) is 0 Å². The first-order chi connectivity index (χ1) is 15.3. The van der Waals surface area contributed by atoms with E-state index in [0.717, 1.165) is 54.0 Å². The molecule has 6 heteroatoms. The number of benzene rings is 2. The molecule has 0 atom stereocenters. The fourth-order valence-corrected chi connectivity index (χ4v) is 5.67. The fourth-order valence-electron chi connectivity index (χ4n) is 4.54. The number of fused-ring (bicyclic) bond motifs is 4. The van der Waals surface area contributed by atoms with Crippen LogP contribution in [0.25, 0.3) is 25.9 Å². The summed E-state index contributed by atoms with van der Waals surface area (Å²) in [5.74, 6) is 2.62. The molecule has 156 valence electrons. The highest BCUT2D eigenvalue weighted by Gasteiger charge is 2.23. The molecular weight excluding hydrogens is 404 g/mol. The molecule has 4 heterocycles. The average Bonchev–Trinajstić information content (AvgIpc) is 3.35. The molecule has 1 aliphatic heterocycles. The number of nitrogens with one attached hydrogen (secondary N) is 1. The lowest BCUT2D eigenvalue weighted by Crippen LogP contribution is -2.27. The Labute approximate surface area is 184 Å². The summed E-state index contributed by atoms with van der Waals surface area (Å²) in [4.78, 5) is 10.9. The number of aromatic nitrogens is 3. The number of imidazole rings is 1. The Morgan fingerprint density at radius 2 is 1.94 bits per heavy atom. The van der Waals surface area contributed by atoms with Crippen molar-refractivity contribution in [3.63, 3.8) is 0 Å². The zero-order valence-corrected chi connectivity index (χ0v) is 18.3. The number of piperidine rings is 1. The number of hydrogen-bond acceptors (Lipinski definition) is 5. The Balaban J connectivity index is 1.30. The minimum Gasteiger partial charge on any atom is -0.487 e. The Morgan fingerprint density at radius 1 is 1.06 bits per heavy atom. The van der Waals surface area contributed by atoms with Crippen molar-refractivity contribution in [2.45, 2.75) is 32.3 Å². The van der Waals surface area contributed by atoms with Gasteiger partial charge in [-0.05, 0) is 63.2 Å². The maximum Gasteiger partial charge on any atom is 0.130 e. The van der Waals surface area contributed by atoms with Crippen LogP contribution < -0.4 is 10.1 Å². The van der Waals surface area contributed by atoms with Crippen LogP contribution in [0.1, 0.15) is 36.0 Å². The van der Waals surface area contributed by atoms with Gasteiger partial charge in [-0.25, -0.2) is 9.97 Å². The smallest absolute Gasteiger partial charge is 0.130 e. The van der Waals surface area contributed by atoms with Crippen molar-refractivity contribution in [1.82, 2.24) is 19.7 Å². The number of thiazole rings is 1. The van der Waals surface area contributed by atoms with Gasteiger partial charge in [-0.1, -0.05) is 24.3 Å². The highest BCUT2D eigenvalue weighted by atomic mass is 32.1. The summed E-state index contributed by atoms with van der Waals surface area (Å²) >= 11 is 1.80. The van der Waals surface area contributed by atoms with E-state index in [1.807, 2.05) is 24.3 Å². The van der Waals surface area contributed by atoms with E-state index >= 15 is 0 Å². The molecule has 0 radical (unpaired) electrons. The van der Waals surface area contributed by atoms with Crippen LogP contribution >= 0.6 is 11.3 Å². The Morgan fingerprint density at radius 3 is 2.84 bits per heavy atom. The molecule has 0 aliphatic carbocycles. The second-order valence-electron chi connectivity index (χ2n) is 8.24. The van der Waals surface area contributed by atoms with Crippen LogP contribution in [0.4, 0.5) is 0 Å². The lowest BCUT2D eigenvalue weighted by molar-refractivity contribution is 0.302. The van der Waals surface area contributed by atoms with Crippen molar-refractivity contribution >= 4 is 37.3 Å². The highest BCUT2D eigenvalue weighted by Crippen LogP contribution is 2.36. The first-order valence-electron chi connectivity index (χ1n) is 10.9. The SMILES string of the molecule is Cc1nc(C2CCNCC2)n2c1sc1cc(OCc3ccc4ccccc4n3)ccc12. The second-order valence-corrected chi connectivity index (χ2v) is 9.27. The van der Waals surface area contributed by atoms with Gasteiger partial charge in [-0.3, -0.25) is 4.40 Å². The van der Waals surface area contributed by atoms with E-state index in [9.17, 15) is 0 Å². The van der Waals surface area contributed by atoms with Gasteiger partial charge in [0, 0.05) is 11.3 Å². The molecule has 31 heavy (non-hydrogen) atoms. The van der Waals surface area contributed by atoms with Gasteiger partial charge in [0.25, 0.3) is 0 Å². The molecule has 0 unspecified atom stereocenters. The second kappa shape index (κ2) is 7.62. The van der Waals surface area contributed by atoms with Crippen molar-refractivity contribution in [2.75, 3.05) is 13.1 Å². The molecule has 2 aromatic carbocycles. The summed E-state index contributed by atoms with van der Waals surface area (Å²) in [6.45, 7) is 4.72. The summed E-state index contributed by atoms with van der Waals surface area (Å²) in [5, 5.41) is 4.61. The zero-order valence-electron chi connectivity index (χ0n) is 17.5. The van der Waals surface area contributed by atoms with Crippen LogP contribution in [-0.2, 0) is 6.61 Å². The van der Waals surface area contributed by atoms with Gasteiger partial charge < -0.3 is 10.1 Å². The van der Waals surface area contributed by atoms with Crippen molar-refractivity contribution in [3.8, 4) is 5.75 Å². The number of ether oxygens (including phenoxy) is 1. The summed E-state index contributed by atoms with van der Waals surface area (Å²) in [6.07, 6.45) is 2.30. The largest absolute Gasteiger partial charge is 0.487 e. The van der Waals surface area contributed by atoms with E-state index in [4.69, 9.17) is 14.7 Å². The molecule has 6 rings (SSSR count). The minimum absolute atomic E-state index is 0.460. The van der Waals surface area contributed by atoms with Gasteiger partial charge in [0.1, 0.15) is 23.0 Å². The zero-order chi connectivity index (χ0) is 20.8. The molecule has 1 saturated heterocycles. The van der Waals surface area contributed by atoms with Gasteiger partial charge in [-0.15, -0.1) is 11.3 Å². The Kier molecular flexibility index (Phi) is 4.62. The molecule has 0 bridgehead atoms. The predicted octanol–water partition coefficient (Wildman–Crippen LogP) is 5.45. The van der Waals surface area contributed by atoms with E-state index in [1.54, 1.807) is 11.3 Å². The third kappa shape index (κ3) is 3.36. The van der Waals surface area contributed by atoms with Gasteiger partial charge in [0.15, 0.2) is 0 Å². The number of rotatable bonds is 4. The van der Waals surface area contributed by atoms with E-state index in [1.165, 1.54) is 20.9 Å². The summed E-state index contributed by atoms with van der Waals surface area (Å²) < 4.78 is 9.72. The molecule has 1 fully saturated rings. The van der Waals surface area contributed by atoms with Crippen molar-refractivity contribution < 1.29 is 4.74 Å². The molecule has 0 saturated carbocycles. The molecule has 3 aromatic heterocycles. The number of para-hydroxylation sites is 1. The van der Waals surface area contributed by atoms with Crippen LogP contribution in [0.3, 0.4) is 0 Å². The lowest BCUT2D eigenvalue weighted by atomic mass is 9.97. The van der Waals surface area contributed by atoms with E-state index in [2.05, 4.69) is 47.0 Å². The van der Waals surface area contributed by atoms with Crippen molar-refractivity contribution in [3.05, 3.63) is 71.8 Å². The van der Waals surface area contributed by atoms with Gasteiger partial charge in [-0.2, -0.15) is 0 Å². The number of aryl methyl sites for hydroxylation is 1. The maximum absolute atomic E-state index is 6.11. The van der Waals surface area contributed by atoms with Crippen LogP contribution in [0.15, 0.2) is 54.6 Å². The Hall–Kier alpha value is -2.96. The third-order valence-corrected chi connectivity index (χ3v) is 7.37. The number of hydrogen-bond donors (Lipinski definition) is 1. The molecule has 1 aliphatic rings. The highest BCUT2D eigenvalue weighted by molar-refractivity contribution is 7.24. The van der Waals surface area contributed by atoms with Gasteiger partial charge >= 0.3 is 0 Å². The monoisotopic (exact) mass is 428 g/mol. The molecular formula is C25H24N4OS. The van der Waals surface area contributed by atoms with Crippen LogP contribution in [0, 0.1) is 6.92 Å². The molecule has 0 amide bonds. The fraction of sp³-hybridized carbons (Fsp3) is 0.280.